The number of amides is 2. The van der Waals surface area contributed by atoms with E-state index in [0.717, 1.165) is 23.1 Å². The van der Waals surface area contributed by atoms with Crippen LogP contribution in [0, 0.1) is 11.6 Å². The van der Waals surface area contributed by atoms with Gasteiger partial charge in [0.25, 0.3) is 0 Å². The normalized spacial score (nSPS) is 21.9. The number of nitrogens with zero attached hydrogens (tertiary/aromatic N) is 1. The molecule has 0 saturated carbocycles. The van der Waals surface area contributed by atoms with Crippen LogP contribution in [0.3, 0.4) is 0 Å². The number of carboxylic acids is 1. The van der Waals surface area contributed by atoms with Crippen LogP contribution in [-0.2, 0) is 4.79 Å². The minimum Gasteiger partial charge on any atom is -0.480 e. The van der Waals surface area contributed by atoms with E-state index in [9.17, 15) is 23.5 Å². The molecule has 1 heterocycles. The number of benzene rings is 1. The number of aliphatic hydroxyl groups excluding tert-OH is 1. The fourth-order valence-electron chi connectivity index (χ4n) is 2.07. The maximum absolute atomic E-state index is 13.4. The molecule has 1 aromatic carbocycles. The van der Waals surface area contributed by atoms with Gasteiger partial charge in [-0.25, -0.2) is 18.4 Å². The van der Waals surface area contributed by atoms with E-state index in [1.165, 1.54) is 0 Å². The van der Waals surface area contributed by atoms with Crippen LogP contribution >= 0.6 is 0 Å². The summed E-state index contributed by atoms with van der Waals surface area (Å²) in [4.78, 5) is 23.7. The number of rotatable bonds is 2. The third-order valence-electron chi connectivity index (χ3n) is 3.02. The molecule has 108 valence electrons. The number of halogens is 2. The monoisotopic (exact) mass is 286 g/mol. The predicted molar refractivity (Wildman–Crippen MR) is 64.1 cm³/mol. The fraction of sp³-hybridized carbons (Fsp3) is 0.333. The number of likely N-dealkylation sites (tertiary alicyclic amines) is 1. The topological polar surface area (TPSA) is 89.9 Å². The van der Waals surface area contributed by atoms with Crippen molar-refractivity contribution in [3.05, 3.63) is 29.8 Å². The SMILES string of the molecule is O=C(O)[C@H]1C[C@@H](O)CN1C(=O)Nc1c(F)cccc1F. The average Bonchev–Trinajstić information content (AvgIpc) is 2.76. The zero-order valence-corrected chi connectivity index (χ0v) is 10.2. The summed E-state index contributed by atoms with van der Waals surface area (Å²) >= 11 is 0. The van der Waals surface area contributed by atoms with Crippen molar-refractivity contribution in [3.63, 3.8) is 0 Å². The maximum Gasteiger partial charge on any atom is 0.326 e. The minimum absolute atomic E-state index is 0.123. The second-order valence-electron chi connectivity index (χ2n) is 4.42. The molecule has 0 spiro atoms. The number of carboxylic acid groups (broad SMARTS) is 1. The Morgan fingerprint density at radius 3 is 2.45 bits per heavy atom. The van der Waals surface area contributed by atoms with E-state index < -0.39 is 41.5 Å². The second-order valence-corrected chi connectivity index (χ2v) is 4.42. The molecule has 1 saturated heterocycles. The van der Waals surface area contributed by atoms with Crippen LogP contribution in [-0.4, -0.2) is 45.8 Å². The molecule has 0 aliphatic carbocycles. The Labute approximate surface area is 112 Å². The predicted octanol–water partition coefficient (Wildman–Crippen LogP) is 1.02. The zero-order valence-electron chi connectivity index (χ0n) is 10.2. The van der Waals surface area contributed by atoms with Gasteiger partial charge in [-0.2, -0.15) is 0 Å². The van der Waals surface area contributed by atoms with Crippen LogP contribution in [0.5, 0.6) is 0 Å². The van der Waals surface area contributed by atoms with Crippen molar-refractivity contribution in [2.24, 2.45) is 0 Å². The molecule has 3 N–H and O–H groups in total. The Hall–Kier alpha value is -2.22. The molecule has 0 radical (unpaired) electrons. The van der Waals surface area contributed by atoms with E-state index in [1.54, 1.807) is 0 Å². The number of anilines is 1. The summed E-state index contributed by atoms with van der Waals surface area (Å²) in [7, 11) is 0. The number of carbonyl (C=O) groups excluding carboxylic acids is 1. The van der Waals surface area contributed by atoms with Crippen molar-refractivity contribution in [2.45, 2.75) is 18.6 Å². The maximum atomic E-state index is 13.4. The van der Waals surface area contributed by atoms with Gasteiger partial charge in [0.1, 0.15) is 23.4 Å². The number of β-amino-alcohol motifs (C(OH)–C–C–N with tert-alkyl or cyclic N) is 1. The standard InChI is InChI=1S/C12H12F2N2O4/c13-7-2-1-3-8(14)10(7)15-12(20)16-5-6(17)4-9(16)11(18)19/h1-3,6,9,17H,4-5H2,(H,15,20)(H,18,19)/t6-,9-/m1/s1. The Balaban J connectivity index is 2.18. The fourth-order valence-corrected chi connectivity index (χ4v) is 2.07. The molecule has 1 aliphatic rings. The first-order valence-corrected chi connectivity index (χ1v) is 5.82. The third kappa shape index (κ3) is 2.69. The molecule has 2 rings (SSSR count). The van der Waals surface area contributed by atoms with Crippen LogP contribution in [0.1, 0.15) is 6.42 Å². The van der Waals surface area contributed by atoms with Crippen molar-refractivity contribution in [2.75, 3.05) is 11.9 Å². The number of aliphatic carboxylic acids is 1. The van der Waals surface area contributed by atoms with E-state index >= 15 is 0 Å². The lowest BCUT2D eigenvalue weighted by molar-refractivity contribution is -0.141. The van der Waals surface area contributed by atoms with E-state index in [4.69, 9.17) is 5.11 Å². The lowest BCUT2D eigenvalue weighted by atomic mass is 10.2. The van der Waals surface area contributed by atoms with Gasteiger partial charge in [-0.05, 0) is 12.1 Å². The van der Waals surface area contributed by atoms with Crippen LogP contribution < -0.4 is 5.32 Å². The van der Waals surface area contributed by atoms with Crippen molar-refractivity contribution in [1.29, 1.82) is 0 Å². The molecule has 6 nitrogen and oxygen atoms in total. The highest BCUT2D eigenvalue weighted by Crippen LogP contribution is 2.22. The molecule has 0 unspecified atom stereocenters. The molecule has 0 bridgehead atoms. The molecule has 1 aromatic rings. The third-order valence-corrected chi connectivity index (χ3v) is 3.02. The van der Waals surface area contributed by atoms with Crippen molar-refractivity contribution in [1.82, 2.24) is 4.90 Å². The van der Waals surface area contributed by atoms with Gasteiger partial charge in [-0.1, -0.05) is 6.07 Å². The van der Waals surface area contributed by atoms with Gasteiger partial charge < -0.3 is 20.4 Å². The second kappa shape index (κ2) is 5.41. The molecule has 1 aliphatic heterocycles. The lowest BCUT2D eigenvalue weighted by Gasteiger charge is -2.21. The molecule has 2 atom stereocenters. The Morgan fingerprint density at radius 1 is 1.30 bits per heavy atom. The van der Waals surface area contributed by atoms with Gasteiger partial charge in [-0.15, -0.1) is 0 Å². The van der Waals surface area contributed by atoms with E-state index in [1.807, 2.05) is 5.32 Å². The summed E-state index contributed by atoms with van der Waals surface area (Å²) in [5, 5.41) is 20.3. The highest BCUT2D eigenvalue weighted by Gasteiger charge is 2.39. The van der Waals surface area contributed by atoms with Gasteiger partial charge in [0.15, 0.2) is 0 Å². The van der Waals surface area contributed by atoms with Gasteiger partial charge in [0.2, 0.25) is 0 Å². The number of urea groups is 1. The molecule has 2 amide bonds. The number of hydrogen-bond acceptors (Lipinski definition) is 3. The zero-order chi connectivity index (χ0) is 14.9. The molecule has 1 fully saturated rings. The quantitative estimate of drug-likeness (QED) is 0.757. The van der Waals surface area contributed by atoms with Gasteiger partial charge >= 0.3 is 12.0 Å². The first-order chi connectivity index (χ1) is 9.40. The molecule has 0 aromatic heterocycles. The molecule has 8 heteroatoms. The highest BCUT2D eigenvalue weighted by molar-refractivity contribution is 5.93. The number of hydrogen-bond donors (Lipinski definition) is 3. The van der Waals surface area contributed by atoms with Crippen LogP contribution in [0.4, 0.5) is 19.3 Å². The van der Waals surface area contributed by atoms with Crippen molar-refractivity contribution >= 4 is 17.7 Å². The average molecular weight is 286 g/mol. The van der Waals surface area contributed by atoms with Crippen LogP contribution in [0.2, 0.25) is 0 Å². The summed E-state index contributed by atoms with van der Waals surface area (Å²) in [6.45, 7) is -0.209. The number of carbonyl (C=O) groups is 2. The number of aliphatic hydroxyl groups is 1. The summed E-state index contributed by atoms with van der Waals surface area (Å²) in [6.07, 6.45) is -1.10. The lowest BCUT2D eigenvalue weighted by Crippen LogP contribution is -2.43. The van der Waals surface area contributed by atoms with E-state index in [-0.39, 0.29) is 13.0 Å². The highest BCUT2D eigenvalue weighted by atomic mass is 19.1. The summed E-state index contributed by atoms with van der Waals surface area (Å²) in [5.74, 6) is -3.22. The van der Waals surface area contributed by atoms with Gasteiger partial charge in [0.05, 0.1) is 6.10 Å². The van der Waals surface area contributed by atoms with Gasteiger partial charge in [-0.3, -0.25) is 0 Å². The van der Waals surface area contributed by atoms with E-state index in [0.29, 0.717) is 0 Å². The van der Waals surface area contributed by atoms with Crippen molar-refractivity contribution in [3.8, 4) is 0 Å². The first kappa shape index (κ1) is 14.2. The smallest absolute Gasteiger partial charge is 0.326 e. The number of nitrogens with one attached hydrogen (secondary N) is 1. The van der Waals surface area contributed by atoms with E-state index in [2.05, 4.69) is 0 Å². The van der Waals surface area contributed by atoms with Crippen molar-refractivity contribution < 1.29 is 28.6 Å². The number of para-hydroxylation sites is 1. The molecule has 20 heavy (non-hydrogen) atoms. The Kier molecular flexibility index (Phi) is 3.84. The molecular formula is C12H12F2N2O4. The van der Waals surface area contributed by atoms with Crippen LogP contribution in [0.25, 0.3) is 0 Å². The Morgan fingerprint density at radius 2 is 1.90 bits per heavy atom. The first-order valence-electron chi connectivity index (χ1n) is 5.82. The summed E-state index contributed by atoms with van der Waals surface area (Å²) in [6, 6.07) is 0.871. The Bertz CT molecular complexity index is 532. The largest absolute Gasteiger partial charge is 0.480 e. The van der Waals surface area contributed by atoms with Gasteiger partial charge in [0, 0.05) is 13.0 Å². The minimum atomic E-state index is -1.29. The van der Waals surface area contributed by atoms with Crippen LogP contribution in [0.15, 0.2) is 18.2 Å². The summed E-state index contributed by atoms with van der Waals surface area (Å²) in [5.41, 5.74) is -0.650. The summed E-state index contributed by atoms with van der Waals surface area (Å²) < 4.78 is 26.8. The molecular weight excluding hydrogens is 274 g/mol.